The summed E-state index contributed by atoms with van der Waals surface area (Å²) in [5, 5.41) is 11.2. The van der Waals surface area contributed by atoms with E-state index in [1.54, 1.807) is 0 Å². The first-order chi connectivity index (χ1) is 11.6. The van der Waals surface area contributed by atoms with Gasteiger partial charge in [0.05, 0.1) is 6.10 Å². The van der Waals surface area contributed by atoms with Gasteiger partial charge < -0.3 is 9.84 Å². The van der Waals surface area contributed by atoms with E-state index in [2.05, 4.69) is 34.6 Å². The molecule has 0 aromatic rings. The predicted molar refractivity (Wildman–Crippen MR) is 99.7 cm³/mol. The lowest BCUT2D eigenvalue weighted by atomic mass is 9.52. The Labute approximate surface area is 152 Å². The fourth-order valence-corrected chi connectivity index (χ4v) is 6.11. The SMILES string of the molecule is CC(=O)OC1=C(C)[C@H]2C[C@@H]3CCC(C)=C([C@@H](O)C[C@]2(C)CC1)C3(C)C. The van der Waals surface area contributed by atoms with Gasteiger partial charge in [0, 0.05) is 13.3 Å². The van der Waals surface area contributed by atoms with E-state index in [0.29, 0.717) is 11.8 Å². The zero-order valence-corrected chi connectivity index (χ0v) is 16.7. The summed E-state index contributed by atoms with van der Waals surface area (Å²) >= 11 is 0. The Hall–Kier alpha value is -1.09. The van der Waals surface area contributed by atoms with Crippen LogP contribution in [0, 0.1) is 22.7 Å². The van der Waals surface area contributed by atoms with Gasteiger partial charge >= 0.3 is 5.97 Å². The van der Waals surface area contributed by atoms with Crippen LogP contribution in [0.2, 0.25) is 0 Å². The second-order valence-corrected chi connectivity index (χ2v) is 9.51. The van der Waals surface area contributed by atoms with Crippen LogP contribution >= 0.6 is 0 Å². The first-order valence-corrected chi connectivity index (χ1v) is 9.82. The average Bonchev–Trinajstić information content (AvgIpc) is 2.47. The van der Waals surface area contributed by atoms with Crippen LogP contribution in [0.15, 0.2) is 22.5 Å². The number of allylic oxidation sites excluding steroid dienone is 3. The van der Waals surface area contributed by atoms with Gasteiger partial charge in [0.25, 0.3) is 0 Å². The Morgan fingerprint density at radius 3 is 2.52 bits per heavy atom. The van der Waals surface area contributed by atoms with E-state index in [9.17, 15) is 9.90 Å². The number of esters is 1. The number of hydrogen-bond donors (Lipinski definition) is 1. The highest BCUT2D eigenvalue weighted by Crippen LogP contribution is 2.58. The highest BCUT2D eigenvalue weighted by Gasteiger charge is 2.50. The molecule has 1 fully saturated rings. The Morgan fingerprint density at radius 2 is 1.88 bits per heavy atom. The standard InChI is InChI=1S/C22H34O3/c1-13-7-8-16-11-17-14(2)19(25-15(3)23)9-10-22(17,6)12-18(24)20(13)21(16,4)5/h16-18,24H,7-12H2,1-6H3/t16-,17+,18-,22-/m0/s1. The third kappa shape index (κ3) is 3.09. The summed E-state index contributed by atoms with van der Waals surface area (Å²) in [5.41, 5.74) is 4.06. The molecule has 3 heteroatoms. The molecule has 140 valence electrons. The van der Waals surface area contributed by atoms with Crippen molar-refractivity contribution >= 4 is 5.97 Å². The quantitative estimate of drug-likeness (QED) is 0.528. The summed E-state index contributed by atoms with van der Waals surface area (Å²) in [6, 6.07) is 0. The summed E-state index contributed by atoms with van der Waals surface area (Å²) in [4.78, 5) is 11.5. The number of aliphatic hydroxyl groups is 1. The molecule has 25 heavy (non-hydrogen) atoms. The van der Waals surface area contributed by atoms with E-state index in [1.807, 2.05) is 0 Å². The molecule has 3 aliphatic rings. The van der Waals surface area contributed by atoms with Crippen molar-refractivity contribution in [3.8, 4) is 0 Å². The molecule has 0 unspecified atom stereocenters. The minimum atomic E-state index is -0.353. The number of hydrogen-bond acceptors (Lipinski definition) is 3. The summed E-state index contributed by atoms with van der Waals surface area (Å²) in [5.74, 6) is 1.61. The molecule has 3 rings (SSSR count). The largest absolute Gasteiger partial charge is 0.431 e. The molecule has 0 radical (unpaired) electrons. The van der Waals surface area contributed by atoms with Gasteiger partial charge in [-0.3, -0.25) is 4.79 Å². The van der Waals surface area contributed by atoms with Crippen molar-refractivity contribution in [2.45, 2.75) is 86.2 Å². The zero-order chi connectivity index (χ0) is 18.6. The maximum atomic E-state index is 11.5. The Morgan fingerprint density at radius 1 is 1.20 bits per heavy atom. The minimum Gasteiger partial charge on any atom is -0.431 e. The van der Waals surface area contributed by atoms with Crippen molar-refractivity contribution in [3.63, 3.8) is 0 Å². The number of rotatable bonds is 1. The summed E-state index contributed by atoms with van der Waals surface area (Å²) in [6.07, 6.45) is 5.66. The van der Waals surface area contributed by atoms with E-state index in [1.165, 1.54) is 30.1 Å². The van der Waals surface area contributed by atoms with Gasteiger partial charge in [-0.05, 0) is 79.8 Å². The Kier molecular flexibility index (Phi) is 4.68. The Balaban J connectivity index is 2.04. The lowest BCUT2D eigenvalue weighted by Crippen LogP contribution is -2.46. The molecular formula is C22H34O3. The highest BCUT2D eigenvalue weighted by molar-refractivity contribution is 5.67. The van der Waals surface area contributed by atoms with Crippen LogP contribution in [0.3, 0.4) is 0 Å². The number of carbonyl (C=O) groups is 1. The third-order valence-corrected chi connectivity index (χ3v) is 7.55. The first-order valence-electron chi connectivity index (χ1n) is 9.82. The maximum absolute atomic E-state index is 11.5. The van der Waals surface area contributed by atoms with Gasteiger partial charge in [-0.25, -0.2) is 0 Å². The lowest BCUT2D eigenvalue weighted by molar-refractivity contribution is -0.137. The van der Waals surface area contributed by atoms with Crippen LogP contribution in [0.25, 0.3) is 0 Å². The maximum Gasteiger partial charge on any atom is 0.307 e. The van der Waals surface area contributed by atoms with E-state index in [-0.39, 0.29) is 22.9 Å². The minimum absolute atomic E-state index is 0.0441. The zero-order valence-electron chi connectivity index (χ0n) is 16.7. The number of carbonyl (C=O) groups excluding carboxylic acids is 1. The topological polar surface area (TPSA) is 46.5 Å². The summed E-state index contributed by atoms with van der Waals surface area (Å²) in [6.45, 7) is 12.8. The first kappa shape index (κ1) is 18.7. The molecule has 2 bridgehead atoms. The summed E-state index contributed by atoms with van der Waals surface area (Å²) in [7, 11) is 0. The number of fused-ring (bicyclic) bond motifs is 3. The lowest BCUT2D eigenvalue weighted by Gasteiger charge is -2.53. The fourth-order valence-electron chi connectivity index (χ4n) is 6.11. The predicted octanol–water partition coefficient (Wildman–Crippen LogP) is 5.15. The fraction of sp³-hybridized carbons (Fsp3) is 0.773. The van der Waals surface area contributed by atoms with Crippen LogP contribution < -0.4 is 0 Å². The molecule has 1 saturated carbocycles. The average molecular weight is 347 g/mol. The van der Waals surface area contributed by atoms with Crippen LogP contribution in [0.5, 0.6) is 0 Å². The van der Waals surface area contributed by atoms with Gasteiger partial charge in [0.15, 0.2) is 0 Å². The van der Waals surface area contributed by atoms with Crippen molar-refractivity contribution in [1.29, 1.82) is 0 Å². The monoisotopic (exact) mass is 346 g/mol. The van der Waals surface area contributed by atoms with E-state index < -0.39 is 0 Å². The van der Waals surface area contributed by atoms with Crippen molar-refractivity contribution in [2.75, 3.05) is 0 Å². The molecule has 0 aliphatic heterocycles. The highest BCUT2D eigenvalue weighted by atomic mass is 16.5. The molecule has 0 spiro atoms. The summed E-state index contributed by atoms with van der Waals surface area (Å²) < 4.78 is 5.54. The molecule has 3 aliphatic carbocycles. The van der Waals surface area contributed by atoms with Gasteiger partial charge in [-0.15, -0.1) is 0 Å². The molecule has 0 saturated heterocycles. The van der Waals surface area contributed by atoms with E-state index in [0.717, 1.165) is 37.9 Å². The number of ether oxygens (including phenoxy) is 1. The number of aliphatic hydroxyl groups excluding tert-OH is 1. The van der Waals surface area contributed by atoms with Gasteiger partial charge in [0.1, 0.15) is 5.76 Å². The second-order valence-electron chi connectivity index (χ2n) is 9.51. The molecule has 0 aromatic heterocycles. The van der Waals surface area contributed by atoms with Gasteiger partial charge in [-0.1, -0.05) is 26.3 Å². The molecule has 0 heterocycles. The van der Waals surface area contributed by atoms with Gasteiger partial charge in [-0.2, -0.15) is 0 Å². The second kappa shape index (κ2) is 6.26. The van der Waals surface area contributed by atoms with Crippen molar-refractivity contribution in [2.24, 2.45) is 22.7 Å². The van der Waals surface area contributed by atoms with Crippen LogP contribution in [-0.4, -0.2) is 17.2 Å². The molecule has 3 nitrogen and oxygen atoms in total. The molecular weight excluding hydrogens is 312 g/mol. The Bertz CT molecular complexity index is 640. The van der Waals surface area contributed by atoms with Crippen LogP contribution in [-0.2, 0) is 9.53 Å². The van der Waals surface area contributed by atoms with E-state index >= 15 is 0 Å². The molecule has 1 N–H and O–H groups in total. The third-order valence-electron chi connectivity index (χ3n) is 7.55. The smallest absolute Gasteiger partial charge is 0.307 e. The van der Waals surface area contributed by atoms with Gasteiger partial charge in [0.2, 0.25) is 0 Å². The molecule has 0 aromatic carbocycles. The molecule has 0 amide bonds. The van der Waals surface area contributed by atoms with Crippen LogP contribution in [0.1, 0.15) is 80.1 Å². The van der Waals surface area contributed by atoms with E-state index in [4.69, 9.17) is 4.74 Å². The van der Waals surface area contributed by atoms with Crippen molar-refractivity contribution in [1.82, 2.24) is 0 Å². The van der Waals surface area contributed by atoms with Crippen molar-refractivity contribution in [3.05, 3.63) is 22.5 Å². The molecule has 4 atom stereocenters. The van der Waals surface area contributed by atoms with Crippen molar-refractivity contribution < 1.29 is 14.6 Å². The van der Waals surface area contributed by atoms with Crippen LogP contribution in [0.4, 0.5) is 0 Å². The normalized spacial score (nSPS) is 38.0.